The Hall–Kier alpha value is -3.25. The maximum atomic E-state index is 13.1. The van der Waals surface area contributed by atoms with Crippen molar-refractivity contribution in [3.05, 3.63) is 82.0 Å². The Morgan fingerprint density at radius 3 is 2.42 bits per heavy atom. The van der Waals surface area contributed by atoms with Crippen molar-refractivity contribution in [2.75, 3.05) is 13.2 Å². The molecule has 1 aliphatic heterocycles. The first kappa shape index (κ1) is 22.9. The normalized spacial score (nSPS) is 16.3. The van der Waals surface area contributed by atoms with Crippen molar-refractivity contribution >= 4 is 34.6 Å². The van der Waals surface area contributed by atoms with Gasteiger partial charge in [0.1, 0.15) is 5.75 Å². The Labute approximate surface area is 199 Å². The molecule has 1 fully saturated rings. The van der Waals surface area contributed by atoms with Crippen LogP contribution in [0.2, 0.25) is 0 Å². The van der Waals surface area contributed by atoms with E-state index < -0.39 is 0 Å². The highest BCUT2D eigenvalue weighted by Gasteiger charge is 2.32. The van der Waals surface area contributed by atoms with Crippen LogP contribution in [0.1, 0.15) is 36.4 Å². The molecule has 3 aromatic rings. The molecule has 5 nitrogen and oxygen atoms in total. The van der Waals surface area contributed by atoms with Gasteiger partial charge >= 0.3 is 0 Å². The highest BCUT2D eigenvalue weighted by atomic mass is 32.2. The molecule has 1 aliphatic rings. The van der Waals surface area contributed by atoms with Gasteiger partial charge in [0, 0.05) is 23.6 Å². The number of rotatable bonds is 6. The van der Waals surface area contributed by atoms with E-state index in [1.807, 2.05) is 50.3 Å². The molecule has 0 N–H and O–H groups in total. The molecule has 170 valence electrons. The van der Waals surface area contributed by atoms with E-state index in [-0.39, 0.29) is 5.91 Å². The van der Waals surface area contributed by atoms with E-state index in [0.29, 0.717) is 23.2 Å². The lowest BCUT2D eigenvalue weighted by Gasteiger charge is -2.12. The first-order chi connectivity index (χ1) is 15.9. The predicted octanol–water partition coefficient (Wildman–Crippen LogP) is 6.43. The summed E-state index contributed by atoms with van der Waals surface area (Å²) in [6.45, 7) is 11.4. The van der Waals surface area contributed by atoms with Crippen LogP contribution in [0.5, 0.6) is 5.75 Å². The zero-order chi connectivity index (χ0) is 23.5. The van der Waals surface area contributed by atoms with Crippen LogP contribution >= 0.6 is 11.8 Å². The summed E-state index contributed by atoms with van der Waals surface area (Å²) in [7, 11) is 0. The number of aromatic nitrogens is 1. The lowest BCUT2D eigenvalue weighted by molar-refractivity contribution is -0.122. The van der Waals surface area contributed by atoms with Crippen molar-refractivity contribution < 1.29 is 9.53 Å². The second kappa shape index (κ2) is 9.71. The number of hydrogen-bond acceptors (Lipinski definition) is 4. The Morgan fingerprint density at radius 2 is 1.76 bits per heavy atom. The molecule has 4 rings (SSSR count). The van der Waals surface area contributed by atoms with E-state index in [4.69, 9.17) is 9.73 Å². The molecule has 33 heavy (non-hydrogen) atoms. The van der Waals surface area contributed by atoms with Gasteiger partial charge in [0.25, 0.3) is 5.91 Å². The molecule has 0 bridgehead atoms. The van der Waals surface area contributed by atoms with Gasteiger partial charge in [-0.25, -0.2) is 4.99 Å². The van der Waals surface area contributed by atoms with Crippen molar-refractivity contribution in [1.29, 1.82) is 0 Å². The van der Waals surface area contributed by atoms with Gasteiger partial charge in [-0.05, 0) is 100.0 Å². The van der Waals surface area contributed by atoms with Crippen LogP contribution in [-0.4, -0.2) is 33.7 Å². The molecule has 6 heteroatoms. The van der Waals surface area contributed by atoms with Gasteiger partial charge in [0.2, 0.25) is 0 Å². The van der Waals surface area contributed by atoms with Crippen LogP contribution in [0.3, 0.4) is 0 Å². The van der Waals surface area contributed by atoms with Crippen LogP contribution in [0.15, 0.2) is 64.5 Å². The zero-order valence-electron chi connectivity index (χ0n) is 19.8. The Kier molecular flexibility index (Phi) is 6.75. The highest BCUT2D eigenvalue weighted by Crippen LogP contribution is 2.35. The molecule has 1 amide bonds. The molecular formula is C27H29N3O2S. The summed E-state index contributed by atoms with van der Waals surface area (Å²) >= 11 is 1.43. The number of likely N-dealkylation sites (N-methyl/N-ethyl adjacent to an activating group) is 1. The van der Waals surface area contributed by atoms with E-state index in [9.17, 15) is 4.79 Å². The summed E-state index contributed by atoms with van der Waals surface area (Å²) in [5.41, 5.74) is 6.47. The summed E-state index contributed by atoms with van der Waals surface area (Å²) in [6, 6.07) is 18.1. The number of aliphatic imine (C=N–C) groups is 1. The predicted molar refractivity (Wildman–Crippen MR) is 138 cm³/mol. The molecular weight excluding hydrogens is 430 g/mol. The third-order valence-corrected chi connectivity index (χ3v) is 6.70. The van der Waals surface area contributed by atoms with Crippen molar-refractivity contribution in [1.82, 2.24) is 9.47 Å². The van der Waals surface area contributed by atoms with E-state index in [2.05, 4.69) is 49.6 Å². The lowest BCUT2D eigenvalue weighted by atomic mass is 10.2. The SMILES string of the molecule is CCOc1ccc(N=C2SC(=Cc3cc(C)n(-c4ccccc4C)c3C)C(=O)N2CC)cc1. The third-order valence-electron chi connectivity index (χ3n) is 5.69. The summed E-state index contributed by atoms with van der Waals surface area (Å²) in [5.74, 6) is 0.807. The Bertz CT molecular complexity index is 1240. The number of carbonyl (C=O) groups excluding carboxylic acids is 1. The summed E-state index contributed by atoms with van der Waals surface area (Å²) in [5, 5.41) is 0.700. The minimum absolute atomic E-state index is 0.00659. The minimum Gasteiger partial charge on any atom is -0.494 e. The number of carbonyl (C=O) groups is 1. The Balaban J connectivity index is 1.66. The van der Waals surface area contributed by atoms with Crippen molar-refractivity contribution in [2.45, 2.75) is 34.6 Å². The van der Waals surface area contributed by atoms with Crippen LogP contribution < -0.4 is 4.74 Å². The smallest absolute Gasteiger partial charge is 0.266 e. The number of aryl methyl sites for hydroxylation is 2. The Morgan fingerprint density at radius 1 is 1.03 bits per heavy atom. The molecule has 0 atom stereocenters. The third kappa shape index (κ3) is 4.62. The van der Waals surface area contributed by atoms with Crippen molar-refractivity contribution in [3.8, 4) is 11.4 Å². The molecule has 0 unspecified atom stereocenters. The number of nitrogens with zero attached hydrogens (tertiary/aromatic N) is 3. The van der Waals surface area contributed by atoms with Gasteiger partial charge in [0.15, 0.2) is 5.17 Å². The van der Waals surface area contributed by atoms with E-state index in [1.54, 1.807) is 4.90 Å². The van der Waals surface area contributed by atoms with E-state index in [1.165, 1.54) is 17.3 Å². The van der Waals surface area contributed by atoms with Crippen LogP contribution in [0.4, 0.5) is 5.69 Å². The number of para-hydroxylation sites is 1. The van der Waals surface area contributed by atoms with Gasteiger partial charge in [-0.1, -0.05) is 18.2 Å². The molecule has 0 aliphatic carbocycles. The quantitative estimate of drug-likeness (QED) is 0.399. The number of amides is 1. The van der Waals surface area contributed by atoms with E-state index >= 15 is 0 Å². The lowest BCUT2D eigenvalue weighted by Crippen LogP contribution is -2.28. The van der Waals surface area contributed by atoms with Crippen LogP contribution in [0, 0.1) is 20.8 Å². The second-order valence-corrected chi connectivity index (χ2v) is 8.94. The number of ether oxygens (including phenoxy) is 1. The standard InChI is InChI=1S/C27H29N3O2S/c1-6-29-26(31)25(33-27(29)28-22-12-14-23(15-13-22)32-7-2)17-21-16-19(4)30(20(21)5)24-11-9-8-10-18(24)3/h8-17H,6-7H2,1-5H3. The van der Waals surface area contributed by atoms with Gasteiger partial charge < -0.3 is 9.30 Å². The van der Waals surface area contributed by atoms with Gasteiger partial charge in [-0.2, -0.15) is 0 Å². The summed E-state index contributed by atoms with van der Waals surface area (Å²) < 4.78 is 7.75. The number of hydrogen-bond donors (Lipinski definition) is 0. The first-order valence-electron chi connectivity index (χ1n) is 11.2. The molecule has 2 heterocycles. The average molecular weight is 460 g/mol. The number of benzene rings is 2. The molecule has 2 aromatic carbocycles. The summed E-state index contributed by atoms with van der Waals surface area (Å²) in [4.78, 5) is 20.3. The molecule has 0 saturated carbocycles. The van der Waals surface area contributed by atoms with E-state index in [0.717, 1.165) is 34.1 Å². The fourth-order valence-electron chi connectivity index (χ4n) is 4.02. The van der Waals surface area contributed by atoms with Crippen LogP contribution in [0.25, 0.3) is 11.8 Å². The zero-order valence-corrected chi connectivity index (χ0v) is 20.6. The fraction of sp³-hybridized carbons (Fsp3) is 0.259. The van der Waals surface area contributed by atoms with Gasteiger partial charge in [-0.15, -0.1) is 0 Å². The largest absolute Gasteiger partial charge is 0.494 e. The number of amidine groups is 1. The minimum atomic E-state index is -0.00659. The summed E-state index contributed by atoms with van der Waals surface area (Å²) in [6.07, 6.45) is 1.99. The second-order valence-electron chi connectivity index (χ2n) is 7.93. The maximum Gasteiger partial charge on any atom is 0.266 e. The molecule has 1 saturated heterocycles. The topological polar surface area (TPSA) is 46.8 Å². The highest BCUT2D eigenvalue weighted by molar-refractivity contribution is 8.18. The van der Waals surface area contributed by atoms with Gasteiger partial charge in [-0.3, -0.25) is 9.69 Å². The van der Waals surface area contributed by atoms with Gasteiger partial charge in [0.05, 0.1) is 17.2 Å². The van der Waals surface area contributed by atoms with Crippen LogP contribution in [-0.2, 0) is 4.79 Å². The molecule has 0 spiro atoms. The first-order valence-corrected chi connectivity index (χ1v) is 12.0. The average Bonchev–Trinajstić information content (AvgIpc) is 3.25. The maximum absolute atomic E-state index is 13.1. The number of thioether (sulfide) groups is 1. The van der Waals surface area contributed by atoms with Crippen molar-refractivity contribution in [2.24, 2.45) is 4.99 Å². The molecule has 0 radical (unpaired) electrons. The van der Waals surface area contributed by atoms with Crippen molar-refractivity contribution in [3.63, 3.8) is 0 Å². The monoisotopic (exact) mass is 459 g/mol. The fourth-order valence-corrected chi connectivity index (χ4v) is 5.08. The molecule has 1 aromatic heterocycles.